The molecule has 0 amide bonds. The number of hydrogen-bond acceptors (Lipinski definition) is 2. The molecule has 0 spiro atoms. The predicted octanol–water partition coefficient (Wildman–Crippen LogP) is 2.54. The summed E-state index contributed by atoms with van der Waals surface area (Å²) in [7, 11) is 1.94. The van der Waals surface area contributed by atoms with Crippen LogP contribution in [0.1, 0.15) is 12.5 Å². The molecule has 0 radical (unpaired) electrons. The van der Waals surface area contributed by atoms with Crippen LogP contribution in [0.3, 0.4) is 0 Å². The van der Waals surface area contributed by atoms with Crippen molar-refractivity contribution in [2.75, 3.05) is 20.1 Å². The zero-order valence-electron chi connectivity index (χ0n) is 10.2. The Morgan fingerprint density at radius 3 is 2.53 bits per heavy atom. The Balaban J connectivity index is 2.35. The summed E-state index contributed by atoms with van der Waals surface area (Å²) in [6, 6.07) is 7.74. The van der Waals surface area contributed by atoms with Gasteiger partial charge in [-0.25, -0.2) is 0 Å². The van der Waals surface area contributed by atoms with Crippen molar-refractivity contribution < 1.29 is 9.90 Å². The van der Waals surface area contributed by atoms with Crippen molar-refractivity contribution in [2.24, 2.45) is 5.92 Å². The Morgan fingerprint density at radius 1 is 1.41 bits per heavy atom. The molecule has 1 N–H and O–H groups in total. The van der Waals surface area contributed by atoms with E-state index in [1.807, 2.05) is 36.2 Å². The molecular weight excluding hydrogens is 238 g/mol. The predicted molar refractivity (Wildman–Crippen MR) is 69.5 cm³/mol. The van der Waals surface area contributed by atoms with Crippen molar-refractivity contribution >= 4 is 17.6 Å². The van der Waals surface area contributed by atoms with Crippen LogP contribution in [0.4, 0.5) is 0 Å². The summed E-state index contributed by atoms with van der Waals surface area (Å²) in [5, 5.41) is 9.54. The van der Waals surface area contributed by atoms with Crippen LogP contribution in [0.15, 0.2) is 24.3 Å². The van der Waals surface area contributed by atoms with Crippen LogP contribution < -0.4 is 0 Å². The van der Waals surface area contributed by atoms with Gasteiger partial charge in [0.15, 0.2) is 0 Å². The lowest BCUT2D eigenvalue weighted by Gasteiger charge is -2.18. The van der Waals surface area contributed by atoms with E-state index in [2.05, 4.69) is 0 Å². The van der Waals surface area contributed by atoms with Gasteiger partial charge < -0.3 is 10.0 Å². The van der Waals surface area contributed by atoms with Gasteiger partial charge in [-0.1, -0.05) is 30.7 Å². The maximum atomic E-state index is 10.7. The van der Waals surface area contributed by atoms with E-state index in [-0.39, 0.29) is 5.92 Å². The SMILES string of the molecule is CC(CN(C)CCc1ccc(Cl)cc1)C(=O)O. The van der Waals surface area contributed by atoms with Gasteiger partial charge in [0.1, 0.15) is 0 Å². The fourth-order valence-corrected chi connectivity index (χ4v) is 1.73. The van der Waals surface area contributed by atoms with Crippen LogP contribution in [0, 0.1) is 5.92 Å². The van der Waals surface area contributed by atoms with Gasteiger partial charge in [-0.05, 0) is 31.2 Å². The van der Waals surface area contributed by atoms with E-state index >= 15 is 0 Å². The number of aliphatic carboxylic acids is 1. The van der Waals surface area contributed by atoms with Gasteiger partial charge >= 0.3 is 5.97 Å². The van der Waals surface area contributed by atoms with Crippen LogP contribution >= 0.6 is 11.6 Å². The zero-order chi connectivity index (χ0) is 12.8. The van der Waals surface area contributed by atoms with Crippen LogP contribution in [0.5, 0.6) is 0 Å². The molecular formula is C13H18ClNO2. The molecule has 0 bridgehead atoms. The van der Waals surface area contributed by atoms with E-state index < -0.39 is 5.97 Å². The van der Waals surface area contributed by atoms with E-state index in [1.54, 1.807) is 6.92 Å². The molecule has 1 atom stereocenters. The second-order valence-electron chi connectivity index (χ2n) is 4.38. The van der Waals surface area contributed by atoms with Gasteiger partial charge in [0, 0.05) is 18.1 Å². The first-order chi connectivity index (χ1) is 7.99. The molecule has 3 nitrogen and oxygen atoms in total. The Labute approximate surface area is 107 Å². The Bertz CT molecular complexity index is 364. The molecule has 0 saturated carbocycles. The minimum atomic E-state index is -0.747. The number of likely N-dealkylation sites (N-methyl/N-ethyl adjacent to an activating group) is 1. The molecule has 0 fully saturated rings. The second-order valence-corrected chi connectivity index (χ2v) is 4.81. The first-order valence-electron chi connectivity index (χ1n) is 5.65. The van der Waals surface area contributed by atoms with Crippen molar-refractivity contribution in [2.45, 2.75) is 13.3 Å². The standard InChI is InChI=1S/C13H18ClNO2/c1-10(13(16)17)9-15(2)8-7-11-3-5-12(14)6-4-11/h3-6,10H,7-9H2,1-2H3,(H,16,17). The molecule has 17 heavy (non-hydrogen) atoms. The maximum absolute atomic E-state index is 10.7. The fourth-order valence-electron chi connectivity index (χ4n) is 1.61. The molecule has 0 aliphatic rings. The molecule has 1 aromatic rings. The first-order valence-corrected chi connectivity index (χ1v) is 6.02. The normalized spacial score (nSPS) is 12.7. The van der Waals surface area contributed by atoms with Crippen molar-refractivity contribution in [3.05, 3.63) is 34.9 Å². The third kappa shape index (κ3) is 5.20. The van der Waals surface area contributed by atoms with Gasteiger partial charge in [-0.2, -0.15) is 0 Å². The number of halogens is 1. The summed E-state index contributed by atoms with van der Waals surface area (Å²) in [4.78, 5) is 12.7. The average Bonchev–Trinajstić information content (AvgIpc) is 2.28. The lowest BCUT2D eigenvalue weighted by Crippen LogP contribution is -2.30. The summed E-state index contributed by atoms with van der Waals surface area (Å²) in [6.45, 7) is 3.14. The third-order valence-electron chi connectivity index (χ3n) is 2.70. The lowest BCUT2D eigenvalue weighted by atomic mass is 10.1. The van der Waals surface area contributed by atoms with Gasteiger partial charge in [0.25, 0.3) is 0 Å². The molecule has 1 rings (SSSR count). The van der Waals surface area contributed by atoms with Crippen LogP contribution in [0.2, 0.25) is 5.02 Å². The molecule has 1 unspecified atom stereocenters. The highest BCUT2D eigenvalue weighted by Crippen LogP contribution is 2.10. The van der Waals surface area contributed by atoms with Crippen LogP contribution in [-0.4, -0.2) is 36.1 Å². The molecule has 0 aromatic heterocycles. The van der Waals surface area contributed by atoms with E-state index in [1.165, 1.54) is 5.56 Å². The summed E-state index contributed by atoms with van der Waals surface area (Å²) in [6.07, 6.45) is 0.903. The van der Waals surface area contributed by atoms with Crippen molar-refractivity contribution in [3.63, 3.8) is 0 Å². The summed E-state index contributed by atoms with van der Waals surface area (Å²) in [5.41, 5.74) is 1.21. The summed E-state index contributed by atoms with van der Waals surface area (Å²) >= 11 is 5.80. The summed E-state index contributed by atoms with van der Waals surface area (Å²) < 4.78 is 0. The number of rotatable bonds is 6. The quantitative estimate of drug-likeness (QED) is 0.849. The maximum Gasteiger partial charge on any atom is 0.307 e. The van der Waals surface area contributed by atoms with E-state index in [9.17, 15) is 4.79 Å². The molecule has 0 saturated heterocycles. The van der Waals surface area contributed by atoms with E-state index in [0.717, 1.165) is 18.0 Å². The van der Waals surface area contributed by atoms with Gasteiger partial charge in [0.2, 0.25) is 0 Å². The smallest absolute Gasteiger partial charge is 0.307 e. The number of carbonyl (C=O) groups is 1. The summed E-state index contributed by atoms with van der Waals surface area (Å²) in [5.74, 6) is -1.08. The number of benzene rings is 1. The molecule has 0 aliphatic heterocycles. The molecule has 94 valence electrons. The van der Waals surface area contributed by atoms with E-state index in [4.69, 9.17) is 16.7 Å². The van der Waals surface area contributed by atoms with Gasteiger partial charge in [0.05, 0.1) is 5.92 Å². The van der Waals surface area contributed by atoms with E-state index in [0.29, 0.717) is 6.54 Å². The number of carboxylic acids is 1. The van der Waals surface area contributed by atoms with Crippen molar-refractivity contribution in [1.82, 2.24) is 4.90 Å². The Morgan fingerprint density at radius 2 is 2.00 bits per heavy atom. The number of carboxylic acid groups (broad SMARTS) is 1. The second kappa shape index (κ2) is 6.62. The molecule has 1 aromatic carbocycles. The Hall–Kier alpha value is -1.06. The third-order valence-corrected chi connectivity index (χ3v) is 2.95. The van der Waals surface area contributed by atoms with Crippen molar-refractivity contribution in [1.29, 1.82) is 0 Å². The average molecular weight is 256 g/mol. The highest BCUT2D eigenvalue weighted by Gasteiger charge is 2.13. The largest absolute Gasteiger partial charge is 0.481 e. The monoisotopic (exact) mass is 255 g/mol. The molecule has 0 heterocycles. The highest BCUT2D eigenvalue weighted by molar-refractivity contribution is 6.30. The lowest BCUT2D eigenvalue weighted by molar-refractivity contribution is -0.141. The van der Waals surface area contributed by atoms with Gasteiger partial charge in [-0.15, -0.1) is 0 Å². The number of nitrogens with zero attached hydrogens (tertiary/aromatic N) is 1. The molecule has 0 aliphatic carbocycles. The van der Waals surface area contributed by atoms with Gasteiger partial charge in [-0.3, -0.25) is 4.79 Å². The topological polar surface area (TPSA) is 40.5 Å². The minimum absolute atomic E-state index is 0.329. The fraction of sp³-hybridized carbons (Fsp3) is 0.462. The zero-order valence-corrected chi connectivity index (χ0v) is 10.9. The van der Waals surface area contributed by atoms with Crippen molar-refractivity contribution in [3.8, 4) is 0 Å². The van der Waals surface area contributed by atoms with Crippen LogP contribution in [0.25, 0.3) is 0 Å². The minimum Gasteiger partial charge on any atom is -0.481 e. The Kier molecular flexibility index (Phi) is 5.45. The first kappa shape index (κ1) is 14.0. The molecule has 4 heteroatoms. The number of hydrogen-bond donors (Lipinski definition) is 1. The van der Waals surface area contributed by atoms with Crippen LogP contribution in [-0.2, 0) is 11.2 Å². The highest BCUT2D eigenvalue weighted by atomic mass is 35.5.